The molecular weight excluding hydrogens is 406 g/mol. The summed E-state index contributed by atoms with van der Waals surface area (Å²) < 4.78 is 2.08. The molecule has 1 saturated carbocycles. The first-order valence-corrected chi connectivity index (χ1v) is 11.9. The SMILES string of the molecule is CC1CCC(N(C)C(=O)CSc2nnc(-c3cccnc3)n2Cc2ccccc2)CC1. The molecule has 6 nitrogen and oxygen atoms in total. The summed E-state index contributed by atoms with van der Waals surface area (Å²) in [7, 11) is 1.94. The molecule has 31 heavy (non-hydrogen) atoms. The van der Waals surface area contributed by atoms with Crippen LogP contribution in [0.2, 0.25) is 0 Å². The van der Waals surface area contributed by atoms with Crippen molar-refractivity contribution in [1.29, 1.82) is 0 Å². The Morgan fingerprint density at radius 3 is 2.58 bits per heavy atom. The number of amides is 1. The standard InChI is InChI=1S/C24H29N5OS/c1-18-10-12-21(13-11-18)28(2)22(30)17-31-24-27-26-23(20-9-6-14-25-15-20)29(24)16-19-7-4-3-5-8-19/h3-9,14-15,18,21H,10-13,16-17H2,1-2H3. The molecule has 1 aromatic carbocycles. The van der Waals surface area contributed by atoms with Crippen molar-refractivity contribution in [2.24, 2.45) is 5.92 Å². The molecule has 0 atom stereocenters. The van der Waals surface area contributed by atoms with E-state index in [0.717, 1.165) is 40.9 Å². The Labute approximate surface area is 188 Å². The van der Waals surface area contributed by atoms with Crippen LogP contribution in [0.25, 0.3) is 11.4 Å². The lowest BCUT2D eigenvalue weighted by Gasteiger charge is -2.33. The summed E-state index contributed by atoms with van der Waals surface area (Å²) in [4.78, 5) is 19.0. The molecule has 0 spiro atoms. The van der Waals surface area contributed by atoms with Crippen LogP contribution in [0.5, 0.6) is 0 Å². The molecule has 7 heteroatoms. The fourth-order valence-corrected chi connectivity index (χ4v) is 4.94. The van der Waals surface area contributed by atoms with E-state index in [1.165, 1.54) is 24.6 Å². The Balaban J connectivity index is 1.50. The number of rotatable bonds is 7. The minimum absolute atomic E-state index is 0.154. The molecule has 1 aliphatic rings. The van der Waals surface area contributed by atoms with Crippen molar-refractivity contribution in [2.75, 3.05) is 12.8 Å². The summed E-state index contributed by atoms with van der Waals surface area (Å²) in [6.45, 7) is 2.94. The Bertz CT molecular complexity index is 984. The van der Waals surface area contributed by atoms with Crippen LogP contribution < -0.4 is 0 Å². The van der Waals surface area contributed by atoms with Gasteiger partial charge >= 0.3 is 0 Å². The van der Waals surface area contributed by atoms with Crippen molar-refractivity contribution < 1.29 is 4.79 Å². The normalized spacial score (nSPS) is 18.6. The zero-order chi connectivity index (χ0) is 21.6. The number of carbonyl (C=O) groups excluding carboxylic acids is 1. The second kappa shape index (κ2) is 10.1. The number of carbonyl (C=O) groups is 1. The van der Waals surface area contributed by atoms with Crippen LogP contribution in [-0.4, -0.2) is 49.4 Å². The summed E-state index contributed by atoms with van der Waals surface area (Å²) in [5.41, 5.74) is 2.08. The van der Waals surface area contributed by atoms with Gasteiger partial charge in [0.2, 0.25) is 5.91 Å². The van der Waals surface area contributed by atoms with Gasteiger partial charge in [-0.05, 0) is 49.3 Å². The number of nitrogens with zero attached hydrogens (tertiary/aromatic N) is 5. The maximum absolute atomic E-state index is 12.9. The van der Waals surface area contributed by atoms with Gasteiger partial charge in [-0.15, -0.1) is 10.2 Å². The zero-order valence-corrected chi connectivity index (χ0v) is 19.0. The summed E-state index contributed by atoms with van der Waals surface area (Å²) in [5, 5.41) is 9.60. The lowest BCUT2D eigenvalue weighted by atomic mass is 9.87. The first kappa shape index (κ1) is 21.6. The van der Waals surface area contributed by atoms with Crippen LogP contribution in [0.4, 0.5) is 0 Å². The van der Waals surface area contributed by atoms with Gasteiger partial charge in [-0.25, -0.2) is 0 Å². The second-order valence-corrected chi connectivity index (χ2v) is 9.27. The van der Waals surface area contributed by atoms with Gasteiger partial charge in [0, 0.05) is 31.0 Å². The van der Waals surface area contributed by atoms with Gasteiger partial charge < -0.3 is 4.90 Å². The Morgan fingerprint density at radius 1 is 1.10 bits per heavy atom. The topological polar surface area (TPSA) is 63.9 Å². The third kappa shape index (κ3) is 5.34. The third-order valence-corrected chi connectivity index (χ3v) is 7.02. The predicted molar refractivity (Wildman–Crippen MR) is 124 cm³/mol. The molecule has 1 aliphatic carbocycles. The number of hydrogen-bond acceptors (Lipinski definition) is 5. The molecule has 0 N–H and O–H groups in total. The van der Waals surface area contributed by atoms with E-state index >= 15 is 0 Å². The van der Waals surface area contributed by atoms with E-state index in [1.54, 1.807) is 12.4 Å². The average molecular weight is 436 g/mol. The summed E-state index contributed by atoms with van der Waals surface area (Å²) in [5.74, 6) is 2.06. The van der Waals surface area contributed by atoms with Crippen LogP contribution in [0.3, 0.4) is 0 Å². The monoisotopic (exact) mass is 435 g/mol. The molecule has 1 amide bonds. The smallest absolute Gasteiger partial charge is 0.233 e. The molecule has 3 aromatic rings. The van der Waals surface area contributed by atoms with Crippen molar-refractivity contribution in [3.63, 3.8) is 0 Å². The van der Waals surface area contributed by atoms with Crippen molar-refractivity contribution in [2.45, 2.75) is 50.4 Å². The van der Waals surface area contributed by atoms with Crippen LogP contribution in [0, 0.1) is 5.92 Å². The van der Waals surface area contributed by atoms with Gasteiger partial charge in [0.1, 0.15) is 0 Å². The Kier molecular flexibility index (Phi) is 7.02. The van der Waals surface area contributed by atoms with E-state index in [0.29, 0.717) is 18.3 Å². The Morgan fingerprint density at radius 2 is 1.87 bits per heavy atom. The van der Waals surface area contributed by atoms with Gasteiger partial charge in [-0.3, -0.25) is 14.3 Å². The van der Waals surface area contributed by atoms with Gasteiger partial charge in [-0.1, -0.05) is 49.0 Å². The van der Waals surface area contributed by atoms with Crippen LogP contribution in [0.15, 0.2) is 60.0 Å². The molecule has 2 aromatic heterocycles. The molecule has 2 heterocycles. The molecule has 0 radical (unpaired) electrons. The molecule has 1 fully saturated rings. The molecule has 4 rings (SSSR count). The summed E-state index contributed by atoms with van der Waals surface area (Å²) in [6, 6.07) is 14.5. The van der Waals surface area contributed by atoms with Crippen molar-refractivity contribution in [1.82, 2.24) is 24.6 Å². The van der Waals surface area contributed by atoms with E-state index < -0.39 is 0 Å². The Hall–Kier alpha value is -2.67. The highest BCUT2D eigenvalue weighted by Crippen LogP contribution is 2.28. The van der Waals surface area contributed by atoms with Crippen LogP contribution >= 0.6 is 11.8 Å². The van der Waals surface area contributed by atoms with Crippen molar-refractivity contribution >= 4 is 17.7 Å². The summed E-state index contributed by atoms with van der Waals surface area (Å²) in [6.07, 6.45) is 8.15. The minimum atomic E-state index is 0.154. The van der Waals surface area contributed by atoms with Crippen molar-refractivity contribution in [3.8, 4) is 11.4 Å². The van der Waals surface area contributed by atoms with Gasteiger partial charge in [0.25, 0.3) is 0 Å². The first-order valence-electron chi connectivity index (χ1n) is 10.9. The van der Waals surface area contributed by atoms with Gasteiger partial charge in [0.15, 0.2) is 11.0 Å². The second-order valence-electron chi connectivity index (χ2n) is 8.33. The van der Waals surface area contributed by atoms with E-state index in [4.69, 9.17) is 0 Å². The van der Waals surface area contributed by atoms with E-state index in [1.807, 2.05) is 42.3 Å². The number of benzene rings is 1. The molecule has 0 saturated heterocycles. The van der Waals surface area contributed by atoms with Gasteiger partial charge in [0.05, 0.1) is 12.3 Å². The van der Waals surface area contributed by atoms with E-state index in [2.05, 4.69) is 38.8 Å². The van der Waals surface area contributed by atoms with Crippen molar-refractivity contribution in [3.05, 3.63) is 60.4 Å². The number of thioether (sulfide) groups is 1. The average Bonchev–Trinajstić information content (AvgIpc) is 3.21. The summed E-state index contributed by atoms with van der Waals surface area (Å²) >= 11 is 1.46. The first-order chi connectivity index (χ1) is 15.1. The highest BCUT2D eigenvalue weighted by Gasteiger charge is 2.25. The molecule has 0 unspecified atom stereocenters. The number of pyridine rings is 1. The maximum atomic E-state index is 12.9. The molecule has 0 aliphatic heterocycles. The number of hydrogen-bond donors (Lipinski definition) is 0. The van der Waals surface area contributed by atoms with Crippen LogP contribution in [0.1, 0.15) is 38.2 Å². The fraction of sp³-hybridized carbons (Fsp3) is 0.417. The highest BCUT2D eigenvalue weighted by atomic mass is 32.2. The van der Waals surface area contributed by atoms with Crippen LogP contribution in [-0.2, 0) is 11.3 Å². The number of aromatic nitrogens is 4. The minimum Gasteiger partial charge on any atom is -0.342 e. The van der Waals surface area contributed by atoms with Gasteiger partial charge in [-0.2, -0.15) is 0 Å². The lowest BCUT2D eigenvalue weighted by molar-refractivity contribution is -0.129. The largest absolute Gasteiger partial charge is 0.342 e. The third-order valence-electron chi connectivity index (χ3n) is 6.07. The molecular formula is C24H29N5OS. The predicted octanol–water partition coefficient (Wildman–Crippen LogP) is 4.52. The lowest BCUT2D eigenvalue weighted by Crippen LogP contribution is -2.40. The quantitative estimate of drug-likeness (QED) is 0.511. The fourth-order valence-electron chi connectivity index (χ4n) is 4.07. The molecule has 0 bridgehead atoms. The molecule has 162 valence electrons. The van der Waals surface area contributed by atoms with E-state index in [-0.39, 0.29) is 5.91 Å². The zero-order valence-electron chi connectivity index (χ0n) is 18.1. The maximum Gasteiger partial charge on any atom is 0.233 e. The highest BCUT2D eigenvalue weighted by molar-refractivity contribution is 7.99. The van der Waals surface area contributed by atoms with E-state index in [9.17, 15) is 4.79 Å².